The number of allylic oxidation sites excluding steroid dienone is 1. The van der Waals surface area contributed by atoms with E-state index in [0.29, 0.717) is 23.0 Å². The summed E-state index contributed by atoms with van der Waals surface area (Å²) in [5.74, 6) is 3.74. The predicted octanol–water partition coefficient (Wildman–Crippen LogP) is 4.66. The lowest BCUT2D eigenvalue weighted by Gasteiger charge is -2.54. The second-order valence-corrected chi connectivity index (χ2v) is 8.19. The molecule has 0 aromatic rings. The van der Waals surface area contributed by atoms with Gasteiger partial charge in [0.05, 0.1) is 12.0 Å². The highest BCUT2D eigenvalue weighted by Crippen LogP contribution is 2.64. The van der Waals surface area contributed by atoms with Gasteiger partial charge in [0.1, 0.15) is 0 Å². The maximum atomic E-state index is 11.7. The highest BCUT2D eigenvalue weighted by molar-refractivity contribution is 5.91. The zero-order valence-corrected chi connectivity index (χ0v) is 13.7. The van der Waals surface area contributed by atoms with Gasteiger partial charge in [0.25, 0.3) is 0 Å². The highest BCUT2D eigenvalue weighted by atomic mass is 16.1. The lowest BCUT2D eigenvalue weighted by molar-refractivity contribution is -0.116. The van der Waals surface area contributed by atoms with Gasteiger partial charge in [-0.2, -0.15) is 5.26 Å². The Morgan fingerprint density at radius 3 is 2.82 bits per heavy atom. The van der Waals surface area contributed by atoms with Crippen molar-refractivity contribution in [1.82, 2.24) is 0 Å². The summed E-state index contributed by atoms with van der Waals surface area (Å²) in [5.41, 5.74) is 1.79. The molecular formula is C20H27NO. The van der Waals surface area contributed by atoms with Crippen molar-refractivity contribution in [3.8, 4) is 6.07 Å². The number of carbonyl (C=O) groups is 1. The average molecular weight is 297 g/mol. The van der Waals surface area contributed by atoms with Crippen LogP contribution in [0.15, 0.2) is 11.6 Å². The van der Waals surface area contributed by atoms with Crippen LogP contribution in [0.25, 0.3) is 0 Å². The monoisotopic (exact) mass is 297 g/mol. The molecule has 4 rings (SSSR count). The first-order valence-electron chi connectivity index (χ1n) is 9.32. The van der Waals surface area contributed by atoms with Gasteiger partial charge in [-0.05, 0) is 86.5 Å². The number of nitriles is 1. The first kappa shape index (κ1) is 14.5. The third-order valence-corrected chi connectivity index (χ3v) is 7.83. The van der Waals surface area contributed by atoms with Gasteiger partial charge in [-0.1, -0.05) is 12.5 Å². The largest absolute Gasteiger partial charge is 0.295 e. The molecule has 4 aliphatic carbocycles. The molecule has 0 aliphatic heterocycles. The molecule has 2 heteroatoms. The van der Waals surface area contributed by atoms with Crippen molar-refractivity contribution in [2.24, 2.45) is 35.0 Å². The third kappa shape index (κ3) is 1.87. The molecule has 0 bridgehead atoms. The number of rotatable bonds is 1. The maximum Gasteiger partial charge on any atom is 0.155 e. The second kappa shape index (κ2) is 5.22. The molecule has 0 heterocycles. The fraction of sp³-hybridized carbons (Fsp3) is 0.800. The molecule has 0 aromatic heterocycles. The van der Waals surface area contributed by atoms with Crippen molar-refractivity contribution < 1.29 is 4.79 Å². The Bertz CT molecular complexity index is 557. The van der Waals surface area contributed by atoms with E-state index in [2.05, 4.69) is 13.0 Å². The summed E-state index contributed by atoms with van der Waals surface area (Å²) in [6.07, 6.45) is 12.4. The molecule has 0 aromatic carbocycles. The van der Waals surface area contributed by atoms with E-state index in [9.17, 15) is 10.1 Å². The third-order valence-electron chi connectivity index (χ3n) is 7.83. The Kier molecular flexibility index (Phi) is 3.44. The minimum absolute atomic E-state index is 0.299. The molecule has 2 nitrogen and oxygen atoms in total. The molecule has 6 atom stereocenters. The Labute approximate surface area is 134 Å². The van der Waals surface area contributed by atoms with E-state index >= 15 is 0 Å². The topological polar surface area (TPSA) is 40.9 Å². The SMILES string of the molecule is CC[C@]12CC[C@H]3[C@@H](CCC4=CC(=O)CC[C@@H]43)[C@@H]1CCC2C#N. The fourth-order valence-corrected chi connectivity index (χ4v) is 6.87. The smallest absolute Gasteiger partial charge is 0.155 e. The van der Waals surface area contributed by atoms with E-state index < -0.39 is 0 Å². The van der Waals surface area contributed by atoms with Gasteiger partial charge >= 0.3 is 0 Å². The van der Waals surface area contributed by atoms with Crippen LogP contribution in [0.5, 0.6) is 0 Å². The number of nitrogens with zero attached hydrogens (tertiary/aromatic N) is 1. The highest BCUT2D eigenvalue weighted by Gasteiger charge is 2.57. The normalized spacial score (nSPS) is 47.0. The maximum absolute atomic E-state index is 11.7. The van der Waals surface area contributed by atoms with Crippen molar-refractivity contribution >= 4 is 5.78 Å². The summed E-state index contributed by atoms with van der Waals surface area (Å²) < 4.78 is 0. The fourth-order valence-electron chi connectivity index (χ4n) is 6.87. The summed E-state index contributed by atoms with van der Waals surface area (Å²) in [7, 11) is 0. The Morgan fingerprint density at radius 1 is 1.18 bits per heavy atom. The van der Waals surface area contributed by atoms with Crippen LogP contribution in [0.4, 0.5) is 0 Å². The van der Waals surface area contributed by atoms with Crippen LogP contribution in [0.3, 0.4) is 0 Å². The Balaban J connectivity index is 1.64. The van der Waals surface area contributed by atoms with Crippen molar-refractivity contribution in [2.45, 2.75) is 64.7 Å². The van der Waals surface area contributed by atoms with Crippen LogP contribution >= 0.6 is 0 Å². The van der Waals surface area contributed by atoms with Crippen molar-refractivity contribution in [3.63, 3.8) is 0 Å². The minimum Gasteiger partial charge on any atom is -0.295 e. The Hall–Kier alpha value is -1.10. The van der Waals surface area contributed by atoms with Crippen LogP contribution in [-0.2, 0) is 4.79 Å². The van der Waals surface area contributed by atoms with Crippen LogP contribution in [0.2, 0.25) is 0 Å². The molecular weight excluding hydrogens is 270 g/mol. The standard InChI is InChI=1S/C20H27NO/c1-2-20-10-9-17-16-7-5-15(22)11-13(16)3-6-18(17)19(20)8-4-14(20)12-21/h11,14,16-19H,2-10H2,1H3/t14?,16-,17+,18+,19-,20+/m0/s1. The summed E-state index contributed by atoms with van der Waals surface area (Å²) in [5, 5.41) is 9.62. The first-order valence-corrected chi connectivity index (χ1v) is 9.32. The predicted molar refractivity (Wildman–Crippen MR) is 85.8 cm³/mol. The van der Waals surface area contributed by atoms with E-state index in [0.717, 1.165) is 43.4 Å². The number of hydrogen-bond donors (Lipinski definition) is 0. The van der Waals surface area contributed by atoms with Gasteiger partial charge in [-0.25, -0.2) is 0 Å². The zero-order valence-electron chi connectivity index (χ0n) is 13.7. The van der Waals surface area contributed by atoms with Crippen LogP contribution in [0, 0.1) is 46.3 Å². The van der Waals surface area contributed by atoms with E-state index in [4.69, 9.17) is 0 Å². The lowest BCUT2D eigenvalue weighted by atomic mass is 9.50. The van der Waals surface area contributed by atoms with Crippen LogP contribution in [-0.4, -0.2) is 5.78 Å². The lowest BCUT2D eigenvalue weighted by Crippen LogP contribution is -2.47. The zero-order chi connectivity index (χ0) is 15.3. The minimum atomic E-state index is 0.299. The van der Waals surface area contributed by atoms with Crippen LogP contribution < -0.4 is 0 Å². The number of hydrogen-bond acceptors (Lipinski definition) is 2. The van der Waals surface area contributed by atoms with Crippen molar-refractivity contribution in [2.75, 3.05) is 0 Å². The van der Waals surface area contributed by atoms with Crippen LogP contribution in [0.1, 0.15) is 64.7 Å². The van der Waals surface area contributed by atoms with Gasteiger partial charge in [0.2, 0.25) is 0 Å². The van der Waals surface area contributed by atoms with Crippen molar-refractivity contribution in [1.29, 1.82) is 5.26 Å². The summed E-state index contributed by atoms with van der Waals surface area (Å²) in [4.78, 5) is 11.7. The van der Waals surface area contributed by atoms with E-state index in [-0.39, 0.29) is 0 Å². The second-order valence-electron chi connectivity index (χ2n) is 8.19. The summed E-state index contributed by atoms with van der Waals surface area (Å²) in [6.45, 7) is 2.32. The van der Waals surface area contributed by atoms with Gasteiger partial charge in [-0.15, -0.1) is 0 Å². The average Bonchev–Trinajstić information content (AvgIpc) is 2.93. The molecule has 3 fully saturated rings. The molecule has 0 amide bonds. The molecule has 4 aliphatic rings. The number of ketones is 1. The quantitative estimate of drug-likeness (QED) is 0.706. The molecule has 0 N–H and O–H groups in total. The van der Waals surface area contributed by atoms with Gasteiger partial charge in [0, 0.05) is 6.42 Å². The molecule has 0 radical (unpaired) electrons. The molecule has 118 valence electrons. The van der Waals surface area contributed by atoms with E-state index in [1.54, 1.807) is 0 Å². The summed E-state index contributed by atoms with van der Waals surface area (Å²) >= 11 is 0. The molecule has 22 heavy (non-hydrogen) atoms. The van der Waals surface area contributed by atoms with Gasteiger partial charge < -0.3 is 0 Å². The molecule has 1 unspecified atom stereocenters. The first-order chi connectivity index (χ1) is 10.7. The summed E-state index contributed by atoms with van der Waals surface area (Å²) in [6, 6.07) is 2.66. The van der Waals surface area contributed by atoms with Gasteiger partial charge in [0.15, 0.2) is 5.78 Å². The van der Waals surface area contributed by atoms with Gasteiger partial charge in [-0.3, -0.25) is 4.79 Å². The molecule has 3 saturated carbocycles. The van der Waals surface area contributed by atoms with Crippen molar-refractivity contribution in [3.05, 3.63) is 11.6 Å². The molecule has 0 spiro atoms. The Morgan fingerprint density at radius 2 is 2.05 bits per heavy atom. The van der Waals surface area contributed by atoms with E-state index in [1.807, 2.05) is 6.08 Å². The number of carbonyl (C=O) groups excluding carboxylic acids is 1. The number of fused-ring (bicyclic) bond motifs is 5. The van der Waals surface area contributed by atoms with E-state index in [1.165, 1.54) is 37.7 Å². The molecule has 0 saturated heterocycles.